The normalized spacial score (nSPS) is 10.2. The van der Waals surface area contributed by atoms with Crippen molar-refractivity contribution in [3.05, 3.63) is 48.2 Å². The Hall–Kier alpha value is -3.99. The molecule has 1 aromatic heterocycles. The van der Waals surface area contributed by atoms with Gasteiger partial charge in [0.05, 0.1) is 44.6 Å². The summed E-state index contributed by atoms with van der Waals surface area (Å²) in [6.45, 7) is 0.0184. The van der Waals surface area contributed by atoms with Crippen molar-refractivity contribution in [3.63, 3.8) is 0 Å². The number of amides is 1. The fourth-order valence-corrected chi connectivity index (χ4v) is 3.15. The lowest BCUT2D eigenvalue weighted by atomic mass is 10.1. The second kappa shape index (κ2) is 9.01. The summed E-state index contributed by atoms with van der Waals surface area (Å²) in [7, 11) is 6.41. The molecule has 0 aliphatic rings. The van der Waals surface area contributed by atoms with E-state index < -0.39 is 0 Å². The van der Waals surface area contributed by atoms with Gasteiger partial charge in [-0.1, -0.05) is 0 Å². The molecule has 154 valence electrons. The van der Waals surface area contributed by atoms with Crippen molar-refractivity contribution in [3.8, 4) is 23.3 Å². The van der Waals surface area contributed by atoms with Crippen molar-refractivity contribution in [1.82, 2.24) is 4.98 Å². The predicted molar refractivity (Wildman–Crippen MR) is 114 cm³/mol. The van der Waals surface area contributed by atoms with Crippen molar-refractivity contribution in [2.75, 3.05) is 45.1 Å². The van der Waals surface area contributed by atoms with Gasteiger partial charge < -0.3 is 24.4 Å². The Kier molecular flexibility index (Phi) is 6.23. The van der Waals surface area contributed by atoms with Crippen LogP contribution in [0.1, 0.15) is 5.56 Å². The zero-order valence-electron chi connectivity index (χ0n) is 17.2. The van der Waals surface area contributed by atoms with Gasteiger partial charge in [0, 0.05) is 42.5 Å². The van der Waals surface area contributed by atoms with E-state index in [0.717, 1.165) is 5.39 Å². The Bertz CT molecular complexity index is 1100. The topological polar surface area (TPSA) is 96.7 Å². The van der Waals surface area contributed by atoms with Crippen LogP contribution in [0.2, 0.25) is 0 Å². The highest BCUT2D eigenvalue weighted by molar-refractivity contribution is 5.99. The molecule has 0 spiro atoms. The first kappa shape index (κ1) is 20.7. The molecule has 8 nitrogen and oxygen atoms in total. The molecule has 8 heteroatoms. The molecule has 0 radical (unpaired) electrons. The van der Waals surface area contributed by atoms with Crippen LogP contribution in [0.4, 0.5) is 11.4 Å². The summed E-state index contributed by atoms with van der Waals surface area (Å²) in [5, 5.41) is 13.1. The number of ether oxygens (including phenoxy) is 3. The molecule has 0 aliphatic heterocycles. The second-order valence-corrected chi connectivity index (χ2v) is 6.52. The maximum absolute atomic E-state index is 12.7. The number of nitriles is 1. The largest absolute Gasteiger partial charge is 0.497 e. The average molecular weight is 406 g/mol. The molecular weight excluding hydrogens is 384 g/mol. The average Bonchev–Trinajstić information content (AvgIpc) is 2.77. The molecule has 0 fully saturated rings. The number of fused-ring (bicyclic) bond motifs is 1. The Morgan fingerprint density at radius 1 is 1.07 bits per heavy atom. The number of carbonyl (C=O) groups excluding carboxylic acids is 1. The van der Waals surface area contributed by atoms with Crippen LogP contribution in [0.15, 0.2) is 42.6 Å². The fraction of sp³-hybridized carbons (Fsp3) is 0.227. The molecule has 0 aliphatic carbocycles. The Morgan fingerprint density at radius 3 is 2.33 bits per heavy atom. The number of methoxy groups -OCH3 is 3. The van der Waals surface area contributed by atoms with E-state index in [1.54, 1.807) is 63.6 Å². The quantitative estimate of drug-likeness (QED) is 0.643. The van der Waals surface area contributed by atoms with Crippen LogP contribution in [-0.4, -0.2) is 45.8 Å². The number of nitrogens with zero attached hydrogens (tertiary/aromatic N) is 3. The Labute approximate surface area is 174 Å². The zero-order valence-corrected chi connectivity index (χ0v) is 17.2. The van der Waals surface area contributed by atoms with Crippen LogP contribution < -0.4 is 24.4 Å². The summed E-state index contributed by atoms with van der Waals surface area (Å²) in [6, 6.07) is 12.7. The van der Waals surface area contributed by atoms with Crippen molar-refractivity contribution in [2.24, 2.45) is 0 Å². The van der Waals surface area contributed by atoms with Crippen molar-refractivity contribution < 1.29 is 19.0 Å². The fourth-order valence-electron chi connectivity index (χ4n) is 3.15. The standard InChI is InChI=1S/C22H22N4O4/c1-26(13-21(27)25-15-7-17(29-3)9-18(8-15)30-4)22-14(11-23)12-24-20-6-5-16(28-2)10-19(20)22/h5-10,12H,13H2,1-4H3,(H,25,27). The molecule has 1 amide bonds. The third-order valence-corrected chi connectivity index (χ3v) is 4.56. The number of hydrogen-bond donors (Lipinski definition) is 1. The highest BCUT2D eigenvalue weighted by Gasteiger charge is 2.17. The summed E-state index contributed by atoms with van der Waals surface area (Å²) in [5.41, 5.74) is 2.23. The molecule has 1 N–H and O–H groups in total. The number of likely N-dealkylation sites (N-methyl/N-ethyl adjacent to an activating group) is 1. The maximum atomic E-state index is 12.7. The van der Waals surface area contributed by atoms with E-state index in [-0.39, 0.29) is 12.5 Å². The first-order chi connectivity index (χ1) is 14.5. The number of hydrogen-bond acceptors (Lipinski definition) is 7. The molecule has 0 saturated carbocycles. The van der Waals surface area contributed by atoms with E-state index in [9.17, 15) is 10.1 Å². The third kappa shape index (κ3) is 4.36. The summed E-state index contributed by atoms with van der Waals surface area (Å²) >= 11 is 0. The number of nitrogens with one attached hydrogen (secondary N) is 1. The van der Waals surface area contributed by atoms with Crippen molar-refractivity contribution in [2.45, 2.75) is 0 Å². The van der Waals surface area contributed by atoms with E-state index in [0.29, 0.717) is 39.7 Å². The third-order valence-electron chi connectivity index (χ3n) is 4.56. The molecule has 30 heavy (non-hydrogen) atoms. The SMILES string of the molecule is COc1cc(NC(=O)CN(C)c2c(C#N)cnc3ccc(OC)cc23)cc(OC)c1. The van der Waals surface area contributed by atoms with E-state index in [1.165, 1.54) is 6.20 Å². The number of anilines is 2. The first-order valence-corrected chi connectivity index (χ1v) is 9.10. The summed E-state index contributed by atoms with van der Waals surface area (Å²) in [5.74, 6) is 1.51. The van der Waals surface area contributed by atoms with Gasteiger partial charge in [-0.05, 0) is 18.2 Å². The van der Waals surface area contributed by atoms with E-state index in [2.05, 4.69) is 16.4 Å². The van der Waals surface area contributed by atoms with Gasteiger partial charge in [0.2, 0.25) is 5.91 Å². The van der Waals surface area contributed by atoms with Gasteiger partial charge in [-0.2, -0.15) is 5.26 Å². The van der Waals surface area contributed by atoms with Crippen LogP contribution in [-0.2, 0) is 4.79 Å². The first-order valence-electron chi connectivity index (χ1n) is 9.10. The van der Waals surface area contributed by atoms with Gasteiger partial charge in [-0.3, -0.25) is 9.78 Å². The molecule has 0 bridgehead atoms. The van der Waals surface area contributed by atoms with Crippen molar-refractivity contribution >= 4 is 28.2 Å². The van der Waals surface area contributed by atoms with Gasteiger partial charge in [-0.25, -0.2) is 0 Å². The highest BCUT2D eigenvalue weighted by atomic mass is 16.5. The van der Waals surface area contributed by atoms with Crippen molar-refractivity contribution in [1.29, 1.82) is 5.26 Å². The number of carbonyl (C=O) groups is 1. The van der Waals surface area contributed by atoms with Crippen LogP contribution in [0, 0.1) is 11.3 Å². The lowest BCUT2D eigenvalue weighted by molar-refractivity contribution is -0.114. The summed E-state index contributed by atoms with van der Waals surface area (Å²) < 4.78 is 15.8. The number of aromatic nitrogens is 1. The highest BCUT2D eigenvalue weighted by Crippen LogP contribution is 2.31. The molecular formula is C22H22N4O4. The number of benzene rings is 2. The zero-order chi connectivity index (χ0) is 21.7. The summed E-state index contributed by atoms with van der Waals surface area (Å²) in [4.78, 5) is 18.7. The monoisotopic (exact) mass is 406 g/mol. The van der Waals surface area contributed by atoms with Gasteiger partial charge in [-0.15, -0.1) is 0 Å². The van der Waals surface area contributed by atoms with Gasteiger partial charge in [0.1, 0.15) is 23.3 Å². The predicted octanol–water partition coefficient (Wildman–Crippen LogP) is 3.21. The van der Waals surface area contributed by atoms with Gasteiger partial charge in [0.15, 0.2) is 0 Å². The van der Waals surface area contributed by atoms with Crippen LogP contribution >= 0.6 is 0 Å². The lowest BCUT2D eigenvalue weighted by Gasteiger charge is -2.22. The number of pyridine rings is 1. The lowest BCUT2D eigenvalue weighted by Crippen LogP contribution is -2.30. The van der Waals surface area contributed by atoms with E-state index >= 15 is 0 Å². The maximum Gasteiger partial charge on any atom is 0.243 e. The molecule has 0 saturated heterocycles. The molecule has 1 heterocycles. The minimum atomic E-state index is -0.260. The van der Waals surface area contributed by atoms with Gasteiger partial charge >= 0.3 is 0 Å². The van der Waals surface area contributed by atoms with Crippen LogP contribution in [0.25, 0.3) is 10.9 Å². The van der Waals surface area contributed by atoms with Crippen LogP contribution in [0.5, 0.6) is 17.2 Å². The number of rotatable bonds is 7. The van der Waals surface area contributed by atoms with Gasteiger partial charge in [0.25, 0.3) is 0 Å². The smallest absolute Gasteiger partial charge is 0.243 e. The molecule has 3 aromatic rings. The van der Waals surface area contributed by atoms with Crippen LogP contribution in [0.3, 0.4) is 0 Å². The van der Waals surface area contributed by atoms with E-state index in [4.69, 9.17) is 14.2 Å². The second-order valence-electron chi connectivity index (χ2n) is 6.52. The Balaban J connectivity index is 1.88. The Morgan fingerprint density at radius 2 is 1.73 bits per heavy atom. The molecule has 0 unspecified atom stereocenters. The summed E-state index contributed by atoms with van der Waals surface area (Å²) in [6.07, 6.45) is 1.51. The van der Waals surface area contributed by atoms with E-state index in [1.807, 2.05) is 6.07 Å². The molecule has 2 aromatic carbocycles. The minimum Gasteiger partial charge on any atom is -0.497 e. The molecule has 3 rings (SSSR count). The molecule has 0 atom stereocenters. The minimum absolute atomic E-state index is 0.0184.